The number of H-pyrrole nitrogens is 1. The number of carbonyl (C=O) groups excluding carboxylic acids is 2. The average Bonchev–Trinajstić information content (AvgIpc) is 3.27. The number of nitrogens with two attached hydrogens (primary N) is 1. The average molecular weight is 458 g/mol. The van der Waals surface area contributed by atoms with Crippen LogP contribution in [-0.4, -0.2) is 36.1 Å². The summed E-state index contributed by atoms with van der Waals surface area (Å²) in [7, 11) is 0. The lowest BCUT2D eigenvalue weighted by molar-refractivity contribution is 0.0526. The van der Waals surface area contributed by atoms with E-state index in [2.05, 4.69) is 22.4 Å². The van der Waals surface area contributed by atoms with Crippen molar-refractivity contribution in [3.8, 4) is 5.75 Å². The van der Waals surface area contributed by atoms with Crippen molar-refractivity contribution in [3.63, 3.8) is 0 Å². The highest BCUT2D eigenvalue weighted by Gasteiger charge is 2.16. The van der Waals surface area contributed by atoms with Gasteiger partial charge in [0, 0.05) is 35.4 Å². The molecule has 0 aliphatic rings. The molecule has 4 N–H and O–H groups in total. The number of anilines is 1. The maximum absolute atomic E-state index is 12.8. The molecule has 1 heterocycles. The van der Waals surface area contributed by atoms with E-state index >= 15 is 0 Å². The molecule has 0 fully saturated rings. The van der Waals surface area contributed by atoms with Gasteiger partial charge < -0.3 is 25.5 Å². The zero-order valence-corrected chi connectivity index (χ0v) is 18.9. The van der Waals surface area contributed by atoms with E-state index < -0.39 is 11.9 Å². The van der Waals surface area contributed by atoms with E-state index in [9.17, 15) is 9.59 Å². The molecule has 0 amide bonds. The molecule has 0 aliphatic heterocycles. The molecule has 0 aliphatic carbocycles. The molecule has 0 unspecified atom stereocenters. The van der Waals surface area contributed by atoms with Gasteiger partial charge in [0.15, 0.2) is 0 Å². The molecule has 1 aromatic heterocycles. The molecular formula is C27H27N3O4. The molecule has 4 aromatic rings. The largest absolute Gasteiger partial charge is 0.462 e. The molecule has 0 spiro atoms. The topological polar surface area (TPSA) is 106 Å². The number of nitrogens with one attached hydrogen (secondary N) is 2. The molecule has 3 aromatic carbocycles. The van der Waals surface area contributed by atoms with Crippen molar-refractivity contribution < 1.29 is 19.1 Å². The third-order valence-electron chi connectivity index (χ3n) is 5.39. The summed E-state index contributed by atoms with van der Waals surface area (Å²) in [6.45, 7) is 2.64. The molecule has 0 saturated carbocycles. The van der Waals surface area contributed by atoms with Crippen LogP contribution in [0.3, 0.4) is 0 Å². The van der Waals surface area contributed by atoms with Crippen LogP contribution in [-0.2, 0) is 11.2 Å². The monoisotopic (exact) mass is 457 g/mol. The van der Waals surface area contributed by atoms with Gasteiger partial charge >= 0.3 is 11.9 Å². The number of hydrogen-bond acceptors (Lipinski definition) is 6. The van der Waals surface area contributed by atoms with Gasteiger partial charge in [0.05, 0.1) is 17.7 Å². The van der Waals surface area contributed by atoms with Crippen LogP contribution >= 0.6 is 0 Å². The number of hydrogen-bond donors (Lipinski definition) is 3. The smallest absolute Gasteiger partial charge is 0.345 e. The summed E-state index contributed by atoms with van der Waals surface area (Å²) in [5.41, 5.74) is 9.98. The van der Waals surface area contributed by atoms with Gasteiger partial charge in [-0.15, -0.1) is 0 Å². The number of rotatable bonds is 9. The number of benzene rings is 3. The van der Waals surface area contributed by atoms with Gasteiger partial charge in [0.2, 0.25) is 0 Å². The molecule has 4 rings (SSSR count). The summed E-state index contributed by atoms with van der Waals surface area (Å²) in [6.07, 6.45) is 2.40. The molecule has 0 saturated heterocycles. The molecule has 7 nitrogen and oxygen atoms in total. The van der Waals surface area contributed by atoms with Crippen LogP contribution in [0.1, 0.15) is 33.2 Å². The van der Waals surface area contributed by atoms with Crippen LogP contribution in [0.15, 0.2) is 79.0 Å². The Labute approximate surface area is 197 Å². The summed E-state index contributed by atoms with van der Waals surface area (Å²) in [6, 6.07) is 22.1. The van der Waals surface area contributed by atoms with Crippen LogP contribution in [0.5, 0.6) is 5.75 Å². The van der Waals surface area contributed by atoms with Gasteiger partial charge in [0.25, 0.3) is 0 Å². The summed E-state index contributed by atoms with van der Waals surface area (Å²) in [4.78, 5) is 27.7. The van der Waals surface area contributed by atoms with Gasteiger partial charge in [-0.05, 0) is 61.4 Å². The van der Waals surface area contributed by atoms with Crippen molar-refractivity contribution in [2.45, 2.75) is 19.4 Å². The van der Waals surface area contributed by atoms with Gasteiger partial charge in [-0.25, -0.2) is 9.59 Å². The lowest BCUT2D eigenvalue weighted by atomic mass is 10.1. The van der Waals surface area contributed by atoms with E-state index in [-0.39, 0.29) is 6.04 Å². The standard InChI is InChI=1S/C27H27N3O4/c1-2-33-26(31)19-8-11-22(12-9-19)34-27(32)24-17-30-25-13-10-21(15-23(24)25)29-16-20(28)14-18-6-4-3-5-7-18/h3-13,15,17,20,29-30H,2,14,16,28H2,1H3/t20-/m0/s1. The first-order valence-corrected chi connectivity index (χ1v) is 11.2. The van der Waals surface area contributed by atoms with Crippen LogP contribution in [0, 0.1) is 0 Å². The van der Waals surface area contributed by atoms with Crippen molar-refractivity contribution in [3.05, 3.63) is 95.7 Å². The van der Waals surface area contributed by atoms with E-state index in [0.29, 0.717) is 30.0 Å². The van der Waals surface area contributed by atoms with Crippen LogP contribution in [0.4, 0.5) is 5.69 Å². The fraction of sp³-hybridized carbons (Fsp3) is 0.185. The number of aromatic nitrogens is 1. The Balaban J connectivity index is 1.41. The van der Waals surface area contributed by atoms with Crippen LogP contribution in [0.25, 0.3) is 10.9 Å². The van der Waals surface area contributed by atoms with Gasteiger partial charge in [-0.3, -0.25) is 0 Å². The highest BCUT2D eigenvalue weighted by Crippen LogP contribution is 2.24. The van der Waals surface area contributed by atoms with Crippen molar-refractivity contribution in [1.82, 2.24) is 4.98 Å². The van der Waals surface area contributed by atoms with Gasteiger partial charge in [-0.2, -0.15) is 0 Å². The van der Waals surface area contributed by atoms with Crippen molar-refractivity contribution >= 4 is 28.5 Å². The van der Waals surface area contributed by atoms with E-state index in [1.807, 2.05) is 36.4 Å². The Morgan fingerprint density at radius 2 is 1.76 bits per heavy atom. The van der Waals surface area contributed by atoms with E-state index in [1.54, 1.807) is 37.4 Å². The molecule has 34 heavy (non-hydrogen) atoms. The van der Waals surface area contributed by atoms with E-state index in [0.717, 1.165) is 23.0 Å². The first kappa shape index (κ1) is 23.1. The predicted molar refractivity (Wildman–Crippen MR) is 132 cm³/mol. The second kappa shape index (κ2) is 10.7. The highest BCUT2D eigenvalue weighted by molar-refractivity contribution is 6.05. The zero-order valence-electron chi connectivity index (χ0n) is 18.9. The molecule has 1 atom stereocenters. The number of ether oxygens (including phenoxy) is 2. The Morgan fingerprint density at radius 1 is 1.00 bits per heavy atom. The number of esters is 2. The minimum Gasteiger partial charge on any atom is -0.462 e. The van der Waals surface area contributed by atoms with Gasteiger partial charge in [-0.1, -0.05) is 30.3 Å². The zero-order chi connectivity index (χ0) is 23.9. The third kappa shape index (κ3) is 5.63. The lowest BCUT2D eigenvalue weighted by Gasteiger charge is -2.14. The number of aromatic amines is 1. The molecule has 7 heteroatoms. The first-order valence-electron chi connectivity index (χ1n) is 11.2. The summed E-state index contributed by atoms with van der Waals surface area (Å²) in [5, 5.41) is 4.10. The quantitative estimate of drug-likeness (QED) is 0.252. The first-order chi connectivity index (χ1) is 16.5. The minimum atomic E-state index is -0.493. The van der Waals surface area contributed by atoms with Crippen molar-refractivity contribution in [2.75, 3.05) is 18.5 Å². The van der Waals surface area contributed by atoms with Crippen molar-refractivity contribution in [1.29, 1.82) is 0 Å². The molecular weight excluding hydrogens is 430 g/mol. The second-order valence-corrected chi connectivity index (χ2v) is 7.93. The van der Waals surface area contributed by atoms with E-state index in [1.165, 1.54) is 5.56 Å². The molecule has 0 radical (unpaired) electrons. The molecule has 0 bridgehead atoms. The molecule has 174 valence electrons. The maximum Gasteiger partial charge on any atom is 0.345 e. The fourth-order valence-electron chi connectivity index (χ4n) is 3.67. The summed E-state index contributed by atoms with van der Waals surface area (Å²) < 4.78 is 10.5. The normalized spacial score (nSPS) is 11.7. The lowest BCUT2D eigenvalue weighted by Crippen LogP contribution is -2.31. The Morgan fingerprint density at radius 3 is 2.50 bits per heavy atom. The Bertz CT molecular complexity index is 1270. The Hall–Kier alpha value is -4.10. The number of carbonyl (C=O) groups is 2. The van der Waals surface area contributed by atoms with Crippen LogP contribution < -0.4 is 15.8 Å². The highest BCUT2D eigenvalue weighted by atomic mass is 16.5. The van der Waals surface area contributed by atoms with Gasteiger partial charge in [0.1, 0.15) is 5.75 Å². The maximum atomic E-state index is 12.8. The van der Waals surface area contributed by atoms with E-state index in [4.69, 9.17) is 15.2 Å². The SMILES string of the molecule is CCOC(=O)c1ccc(OC(=O)c2c[nH]c3ccc(NC[C@@H](N)Cc4ccccc4)cc23)cc1. The third-order valence-corrected chi connectivity index (χ3v) is 5.39. The van der Waals surface area contributed by atoms with Crippen LogP contribution in [0.2, 0.25) is 0 Å². The van der Waals surface area contributed by atoms with Crippen molar-refractivity contribution in [2.24, 2.45) is 5.73 Å². The summed E-state index contributed by atoms with van der Waals surface area (Å²) >= 11 is 0. The summed E-state index contributed by atoms with van der Waals surface area (Å²) in [5.74, 6) is -0.567. The second-order valence-electron chi connectivity index (χ2n) is 7.93. The minimum absolute atomic E-state index is 0.0497. The fourth-order valence-corrected chi connectivity index (χ4v) is 3.67. The number of fused-ring (bicyclic) bond motifs is 1. The predicted octanol–water partition coefficient (Wildman–Crippen LogP) is 4.55. The Kier molecular flexibility index (Phi) is 7.25.